The molecule has 1 saturated heterocycles. The van der Waals surface area contributed by atoms with E-state index in [4.69, 9.17) is 19.4 Å². The molecule has 33 heavy (non-hydrogen) atoms. The number of likely N-dealkylation sites (N-methyl/N-ethyl adjacent to an activating group) is 1. The molecule has 0 amide bonds. The van der Waals surface area contributed by atoms with Gasteiger partial charge in [0.25, 0.3) is 0 Å². The van der Waals surface area contributed by atoms with E-state index in [1.54, 1.807) is 0 Å². The number of nitrogens with one attached hydrogen (secondary N) is 1. The first-order chi connectivity index (χ1) is 16.2. The minimum absolute atomic E-state index is 0.174. The predicted molar refractivity (Wildman–Crippen MR) is 134 cm³/mol. The van der Waals surface area contributed by atoms with Crippen molar-refractivity contribution < 1.29 is 9.47 Å². The van der Waals surface area contributed by atoms with Crippen molar-refractivity contribution in [3.05, 3.63) is 35.5 Å². The number of ether oxygens (including phenoxy) is 2. The minimum Gasteiger partial charge on any atom is -0.370 e. The number of aromatic nitrogens is 2. The summed E-state index contributed by atoms with van der Waals surface area (Å²) < 4.78 is 11.4. The summed E-state index contributed by atoms with van der Waals surface area (Å²) in [6, 6.07) is 8.76. The average molecular weight is 454 g/mol. The van der Waals surface area contributed by atoms with Crippen LogP contribution in [0.15, 0.2) is 24.3 Å². The van der Waals surface area contributed by atoms with Crippen LogP contribution in [0.2, 0.25) is 0 Å². The summed E-state index contributed by atoms with van der Waals surface area (Å²) in [5, 5.41) is 3.57. The maximum atomic E-state index is 5.69. The predicted octanol–water partition coefficient (Wildman–Crippen LogP) is 3.98. The molecule has 1 N–H and O–H groups in total. The van der Waals surface area contributed by atoms with Gasteiger partial charge in [0.15, 0.2) is 12.1 Å². The zero-order valence-corrected chi connectivity index (χ0v) is 20.5. The molecule has 7 nitrogen and oxygen atoms in total. The Kier molecular flexibility index (Phi) is 8.53. The molecular formula is C26H39N5O2. The van der Waals surface area contributed by atoms with E-state index in [1.807, 2.05) is 13.8 Å². The topological polar surface area (TPSA) is 62.8 Å². The summed E-state index contributed by atoms with van der Waals surface area (Å²) >= 11 is 0. The monoisotopic (exact) mass is 453 g/mol. The van der Waals surface area contributed by atoms with E-state index in [-0.39, 0.29) is 6.29 Å². The Balaban J connectivity index is 1.49. The van der Waals surface area contributed by atoms with Crippen LogP contribution in [-0.4, -0.2) is 74.1 Å². The van der Waals surface area contributed by atoms with Crippen molar-refractivity contribution in [2.75, 3.05) is 63.2 Å². The van der Waals surface area contributed by atoms with Gasteiger partial charge in [0.05, 0.1) is 0 Å². The van der Waals surface area contributed by atoms with Crippen LogP contribution >= 0.6 is 0 Å². The second-order valence-electron chi connectivity index (χ2n) is 8.92. The molecule has 0 unspecified atom stereocenters. The van der Waals surface area contributed by atoms with Gasteiger partial charge in [-0.3, -0.25) is 0 Å². The van der Waals surface area contributed by atoms with Gasteiger partial charge in [0.2, 0.25) is 0 Å². The fourth-order valence-electron chi connectivity index (χ4n) is 4.65. The van der Waals surface area contributed by atoms with Gasteiger partial charge in [0, 0.05) is 74.9 Å². The van der Waals surface area contributed by atoms with Gasteiger partial charge in [-0.25, -0.2) is 9.97 Å². The lowest BCUT2D eigenvalue weighted by Gasteiger charge is -2.34. The highest BCUT2D eigenvalue weighted by molar-refractivity contribution is 5.63. The van der Waals surface area contributed by atoms with Gasteiger partial charge in [-0.05, 0) is 70.8 Å². The minimum atomic E-state index is -0.174. The van der Waals surface area contributed by atoms with Crippen molar-refractivity contribution in [2.24, 2.45) is 0 Å². The Bertz CT molecular complexity index is 875. The Morgan fingerprint density at radius 2 is 1.64 bits per heavy atom. The fraction of sp³-hybridized carbons (Fsp3) is 0.615. The molecule has 0 saturated carbocycles. The number of fused-ring (bicyclic) bond motifs is 1. The Morgan fingerprint density at radius 3 is 2.33 bits per heavy atom. The molecule has 0 spiro atoms. The summed E-state index contributed by atoms with van der Waals surface area (Å²) in [5.74, 6) is 1.79. The Hall–Kier alpha value is -2.22. The van der Waals surface area contributed by atoms with E-state index in [0.717, 1.165) is 69.2 Å². The number of rotatable bonds is 10. The lowest BCUT2D eigenvalue weighted by Crippen LogP contribution is -2.44. The average Bonchev–Trinajstić information content (AvgIpc) is 2.85. The number of hydrogen-bond acceptors (Lipinski definition) is 7. The Morgan fingerprint density at radius 1 is 0.939 bits per heavy atom. The SMILES string of the molecule is CCOC(CCNc1nc(-c2ccc(N3CCN(C)CC3)cc2)nc2c1CCCC2)OCC. The molecule has 7 heteroatoms. The summed E-state index contributed by atoms with van der Waals surface area (Å²) in [6.07, 6.45) is 5.08. The molecule has 4 rings (SSSR count). The van der Waals surface area contributed by atoms with Crippen molar-refractivity contribution in [1.82, 2.24) is 14.9 Å². The highest BCUT2D eigenvalue weighted by atomic mass is 16.7. The highest BCUT2D eigenvalue weighted by Gasteiger charge is 2.20. The van der Waals surface area contributed by atoms with E-state index in [1.165, 1.54) is 29.8 Å². The maximum Gasteiger partial charge on any atom is 0.161 e. The number of piperazine rings is 1. The number of benzene rings is 1. The van der Waals surface area contributed by atoms with Crippen molar-refractivity contribution in [3.8, 4) is 11.4 Å². The summed E-state index contributed by atoms with van der Waals surface area (Å²) in [7, 11) is 2.19. The third-order valence-electron chi connectivity index (χ3n) is 6.55. The summed E-state index contributed by atoms with van der Waals surface area (Å²) in [4.78, 5) is 14.8. The number of aryl methyl sites for hydroxylation is 1. The van der Waals surface area contributed by atoms with Crippen molar-refractivity contribution >= 4 is 11.5 Å². The van der Waals surface area contributed by atoms with Crippen LogP contribution in [-0.2, 0) is 22.3 Å². The maximum absolute atomic E-state index is 5.69. The molecule has 2 aliphatic rings. The molecule has 2 aromatic rings. The number of anilines is 2. The molecule has 1 aromatic heterocycles. The lowest BCUT2D eigenvalue weighted by atomic mass is 9.96. The first kappa shape index (κ1) is 23.9. The normalized spacial score (nSPS) is 16.8. The molecule has 1 aliphatic carbocycles. The fourth-order valence-corrected chi connectivity index (χ4v) is 4.65. The highest BCUT2D eigenvalue weighted by Crippen LogP contribution is 2.29. The smallest absolute Gasteiger partial charge is 0.161 e. The van der Waals surface area contributed by atoms with E-state index in [9.17, 15) is 0 Å². The first-order valence-electron chi connectivity index (χ1n) is 12.6. The Labute approximate surface area is 198 Å². The van der Waals surface area contributed by atoms with Crippen molar-refractivity contribution in [1.29, 1.82) is 0 Å². The van der Waals surface area contributed by atoms with Crippen LogP contribution in [0.5, 0.6) is 0 Å². The largest absolute Gasteiger partial charge is 0.370 e. The van der Waals surface area contributed by atoms with Gasteiger partial charge < -0.3 is 24.6 Å². The zero-order valence-electron chi connectivity index (χ0n) is 20.5. The molecule has 0 bridgehead atoms. The van der Waals surface area contributed by atoms with Crippen LogP contribution in [0.3, 0.4) is 0 Å². The second-order valence-corrected chi connectivity index (χ2v) is 8.92. The second kappa shape index (κ2) is 11.8. The van der Waals surface area contributed by atoms with E-state index >= 15 is 0 Å². The van der Waals surface area contributed by atoms with Gasteiger partial charge in [-0.15, -0.1) is 0 Å². The van der Waals surface area contributed by atoms with Crippen molar-refractivity contribution in [3.63, 3.8) is 0 Å². The molecule has 0 radical (unpaired) electrons. The molecule has 180 valence electrons. The zero-order chi connectivity index (χ0) is 23.0. The van der Waals surface area contributed by atoms with Crippen LogP contribution in [0.25, 0.3) is 11.4 Å². The summed E-state index contributed by atoms with van der Waals surface area (Å²) in [5.41, 5.74) is 4.83. The molecule has 2 heterocycles. The third-order valence-corrected chi connectivity index (χ3v) is 6.55. The first-order valence-corrected chi connectivity index (χ1v) is 12.6. The third kappa shape index (κ3) is 6.22. The van der Waals surface area contributed by atoms with Gasteiger partial charge in [-0.2, -0.15) is 0 Å². The van der Waals surface area contributed by atoms with Crippen LogP contribution in [0.4, 0.5) is 11.5 Å². The summed E-state index contributed by atoms with van der Waals surface area (Å²) in [6.45, 7) is 10.4. The molecule has 0 atom stereocenters. The van der Waals surface area contributed by atoms with Crippen LogP contribution in [0.1, 0.15) is 44.4 Å². The van der Waals surface area contributed by atoms with Gasteiger partial charge >= 0.3 is 0 Å². The number of nitrogens with zero attached hydrogens (tertiary/aromatic N) is 4. The van der Waals surface area contributed by atoms with Gasteiger partial charge in [0.1, 0.15) is 5.82 Å². The quantitative estimate of drug-likeness (QED) is 0.546. The van der Waals surface area contributed by atoms with Gasteiger partial charge in [-0.1, -0.05) is 0 Å². The molecule has 1 fully saturated rings. The molecule has 1 aromatic carbocycles. The lowest BCUT2D eigenvalue weighted by molar-refractivity contribution is -0.137. The van der Waals surface area contributed by atoms with E-state index in [2.05, 4.69) is 46.4 Å². The van der Waals surface area contributed by atoms with Crippen molar-refractivity contribution in [2.45, 2.75) is 52.2 Å². The van der Waals surface area contributed by atoms with Crippen LogP contribution < -0.4 is 10.2 Å². The van der Waals surface area contributed by atoms with E-state index < -0.39 is 0 Å². The number of hydrogen-bond donors (Lipinski definition) is 1. The van der Waals surface area contributed by atoms with Crippen LogP contribution in [0, 0.1) is 0 Å². The van der Waals surface area contributed by atoms with E-state index in [0.29, 0.717) is 13.2 Å². The molecular weight excluding hydrogens is 414 g/mol. The molecule has 1 aliphatic heterocycles. The standard InChI is InChI=1S/C26H39N5O2/c1-4-32-24(33-5-2)14-15-27-26-22-8-6-7-9-23(22)28-25(29-26)20-10-12-21(13-11-20)31-18-16-30(3)17-19-31/h10-13,24H,4-9,14-19H2,1-3H3,(H,27,28,29).